The van der Waals surface area contributed by atoms with E-state index in [1.54, 1.807) is 0 Å². The van der Waals surface area contributed by atoms with Gasteiger partial charge in [0.25, 0.3) is 0 Å². The highest BCUT2D eigenvalue weighted by Gasteiger charge is 2.29. The van der Waals surface area contributed by atoms with Gasteiger partial charge in [-0.15, -0.1) is 0 Å². The Morgan fingerprint density at radius 1 is 0.686 bits per heavy atom. The summed E-state index contributed by atoms with van der Waals surface area (Å²) in [6.07, 6.45) is 25.1. The third-order valence-electron chi connectivity index (χ3n) is 8.24. The third kappa shape index (κ3) is 9.73. The second-order valence-corrected chi connectivity index (χ2v) is 11.2. The number of unbranched alkanes of at least 4 members (excludes halogenated alkanes) is 6. The van der Waals surface area contributed by atoms with E-state index in [1.807, 2.05) is 12.1 Å². The summed E-state index contributed by atoms with van der Waals surface area (Å²) in [6.45, 7) is 4.54. The van der Waals surface area contributed by atoms with Crippen LogP contribution >= 0.6 is 0 Å². The molecule has 2 unspecified atom stereocenters. The van der Waals surface area contributed by atoms with Crippen LogP contribution < -0.4 is 0 Å². The topological polar surface area (TPSA) is 38.7 Å². The molecule has 2 atom stereocenters. The Morgan fingerprint density at radius 3 is 1.74 bits per heavy atom. The lowest BCUT2D eigenvalue weighted by molar-refractivity contribution is -0.0491. The average Bonchev–Trinajstić information content (AvgIpc) is 2.89. The summed E-state index contributed by atoms with van der Waals surface area (Å²) in [6, 6.07) is 6.12. The number of phenolic OH excluding ortho intramolecular Hbond substituents is 1. The molecule has 35 heavy (non-hydrogen) atoms. The minimum Gasteiger partial charge on any atom is -0.508 e. The summed E-state index contributed by atoms with van der Waals surface area (Å²) in [4.78, 5) is 0. The minimum absolute atomic E-state index is 0.0285. The van der Waals surface area contributed by atoms with E-state index in [0.29, 0.717) is 18.0 Å². The van der Waals surface area contributed by atoms with E-state index >= 15 is 0 Å². The van der Waals surface area contributed by atoms with Crippen LogP contribution in [0.5, 0.6) is 5.75 Å². The molecular formula is C32H54O3. The number of rotatable bonds is 16. The van der Waals surface area contributed by atoms with Crippen molar-refractivity contribution in [2.75, 3.05) is 0 Å². The van der Waals surface area contributed by atoms with Crippen molar-refractivity contribution in [1.82, 2.24) is 0 Å². The summed E-state index contributed by atoms with van der Waals surface area (Å²) >= 11 is 0. The van der Waals surface area contributed by atoms with Crippen LogP contribution in [0.4, 0.5) is 0 Å². The van der Waals surface area contributed by atoms with Gasteiger partial charge >= 0.3 is 0 Å². The molecule has 1 aromatic rings. The van der Waals surface area contributed by atoms with Crippen LogP contribution in [-0.2, 0) is 9.47 Å². The number of hydrogen-bond acceptors (Lipinski definition) is 3. The Labute approximate surface area is 216 Å². The van der Waals surface area contributed by atoms with E-state index in [4.69, 9.17) is 9.47 Å². The lowest BCUT2D eigenvalue weighted by Gasteiger charge is -2.33. The predicted octanol–water partition coefficient (Wildman–Crippen LogP) is 10.1. The zero-order chi connectivity index (χ0) is 24.7. The van der Waals surface area contributed by atoms with E-state index in [0.717, 1.165) is 37.7 Å². The Bertz CT molecular complexity index is 675. The fourth-order valence-electron chi connectivity index (χ4n) is 6.16. The van der Waals surface area contributed by atoms with Gasteiger partial charge in [-0.25, -0.2) is 0 Å². The van der Waals surface area contributed by atoms with Crippen LogP contribution in [0, 0.1) is 0 Å². The Kier molecular flexibility index (Phi) is 13.6. The van der Waals surface area contributed by atoms with Crippen molar-refractivity contribution in [2.45, 2.75) is 167 Å². The highest BCUT2D eigenvalue weighted by atomic mass is 16.5. The van der Waals surface area contributed by atoms with Crippen LogP contribution in [0.2, 0.25) is 0 Å². The van der Waals surface area contributed by atoms with Crippen LogP contribution in [0.15, 0.2) is 18.2 Å². The SMILES string of the molecule is CCCCCCC(OC1CCCCC1)c1cccc(O)c1C(CCCCCC)OC1CCCCC1. The van der Waals surface area contributed by atoms with E-state index in [9.17, 15) is 5.11 Å². The van der Waals surface area contributed by atoms with Gasteiger partial charge in [-0.3, -0.25) is 0 Å². The van der Waals surface area contributed by atoms with E-state index in [2.05, 4.69) is 19.9 Å². The molecule has 0 bridgehead atoms. The standard InChI is InChI=1S/C32H54O3/c1-3-5-7-15-24-30(34-26-18-11-9-12-19-26)28-22-17-23-29(33)32(28)31(25-16-8-6-4-2)35-27-20-13-10-14-21-27/h17,22-23,26-27,30-31,33H,3-16,18-21,24-25H2,1-2H3. The molecule has 3 rings (SSSR count). The second-order valence-electron chi connectivity index (χ2n) is 11.2. The normalized spacial score (nSPS) is 19.6. The minimum atomic E-state index is -0.0285. The number of aromatic hydroxyl groups is 1. The molecule has 0 saturated heterocycles. The van der Waals surface area contributed by atoms with Crippen LogP contribution in [0.3, 0.4) is 0 Å². The molecule has 2 aliphatic carbocycles. The fraction of sp³-hybridized carbons (Fsp3) is 0.812. The number of phenols is 1. The van der Waals surface area contributed by atoms with E-state index in [-0.39, 0.29) is 12.2 Å². The van der Waals surface area contributed by atoms with Crippen molar-refractivity contribution in [1.29, 1.82) is 0 Å². The summed E-state index contributed by atoms with van der Waals surface area (Å²) in [7, 11) is 0. The molecule has 200 valence electrons. The van der Waals surface area contributed by atoms with Crippen molar-refractivity contribution >= 4 is 0 Å². The van der Waals surface area contributed by atoms with Gasteiger partial charge in [0.1, 0.15) is 5.75 Å². The highest BCUT2D eigenvalue weighted by molar-refractivity contribution is 5.42. The van der Waals surface area contributed by atoms with Crippen molar-refractivity contribution in [3.63, 3.8) is 0 Å². The first-order chi connectivity index (χ1) is 17.2. The van der Waals surface area contributed by atoms with Crippen LogP contribution in [0.1, 0.15) is 166 Å². The lowest BCUT2D eigenvalue weighted by Crippen LogP contribution is -2.23. The van der Waals surface area contributed by atoms with Gasteiger partial charge < -0.3 is 14.6 Å². The van der Waals surface area contributed by atoms with Gasteiger partial charge in [-0.2, -0.15) is 0 Å². The molecule has 2 aliphatic rings. The van der Waals surface area contributed by atoms with E-state index in [1.165, 1.54) is 102 Å². The molecule has 0 aliphatic heterocycles. The maximum absolute atomic E-state index is 11.2. The van der Waals surface area contributed by atoms with Crippen LogP contribution in [-0.4, -0.2) is 17.3 Å². The Hall–Kier alpha value is -1.06. The molecule has 2 fully saturated rings. The maximum Gasteiger partial charge on any atom is 0.121 e. The van der Waals surface area contributed by atoms with Crippen LogP contribution in [0.25, 0.3) is 0 Å². The quantitative estimate of drug-likeness (QED) is 0.236. The fourth-order valence-corrected chi connectivity index (χ4v) is 6.16. The molecule has 1 aromatic carbocycles. The molecular weight excluding hydrogens is 432 g/mol. The average molecular weight is 487 g/mol. The van der Waals surface area contributed by atoms with Crippen molar-refractivity contribution < 1.29 is 14.6 Å². The van der Waals surface area contributed by atoms with Gasteiger partial charge in [0.05, 0.1) is 24.4 Å². The summed E-state index contributed by atoms with van der Waals surface area (Å²) < 4.78 is 13.7. The maximum atomic E-state index is 11.2. The van der Waals surface area contributed by atoms with Crippen molar-refractivity contribution in [2.24, 2.45) is 0 Å². The second kappa shape index (κ2) is 16.6. The molecule has 0 heterocycles. The summed E-state index contributed by atoms with van der Waals surface area (Å²) in [5.41, 5.74) is 2.23. The zero-order valence-corrected chi connectivity index (χ0v) is 22.9. The molecule has 2 saturated carbocycles. The summed E-state index contributed by atoms with van der Waals surface area (Å²) in [5.74, 6) is 0.407. The molecule has 0 amide bonds. The first kappa shape index (κ1) is 28.5. The van der Waals surface area contributed by atoms with Gasteiger partial charge in [-0.05, 0) is 50.2 Å². The van der Waals surface area contributed by atoms with Gasteiger partial charge in [0, 0.05) is 5.56 Å². The van der Waals surface area contributed by atoms with Crippen molar-refractivity contribution in [3.05, 3.63) is 29.3 Å². The smallest absolute Gasteiger partial charge is 0.121 e. The first-order valence-electron chi connectivity index (χ1n) is 15.4. The first-order valence-corrected chi connectivity index (χ1v) is 15.4. The highest BCUT2D eigenvalue weighted by Crippen LogP contribution is 2.42. The van der Waals surface area contributed by atoms with Gasteiger partial charge in [0.2, 0.25) is 0 Å². The molecule has 3 heteroatoms. The Balaban J connectivity index is 1.84. The lowest BCUT2D eigenvalue weighted by atomic mass is 9.90. The van der Waals surface area contributed by atoms with Gasteiger partial charge in [-0.1, -0.05) is 116 Å². The number of hydrogen-bond donors (Lipinski definition) is 1. The monoisotopic (exact) mass is 486 g/mol. The molecule has 1 N–H and O–H groups in total. The summed E-state index contributed by atoms with van der Waals surface area (Å²) in [5, 5.41) is 11.2. The molecule has 0 aromatic heterocycles. The predicted molar refractivity (Wildman–Crippen MR) is 147 cm³/mol. The molecule has 0 radical (unpaired) electrons. The van der Waals surface area contributed by atoms with E-state index < -0.39 is 0 Å². The van der Waals surface area contributed by atoms with Crippen molar-refractivity contribution in [3.8, 4) is 5.75 Å². The number of benzene rings is 1. The zero-order valence-electron chi connectivity index (χ0n) is 22.9. The third-order valence-corrected chi connectivity index (χ3v) is 8.24. The largest absolute Gasteiger partial charge is 0.508 e. The van der Waals surface area contributed by atoms with Gasteiger partial charge in [0.15, 0.2) is 0 Å². The Morgan fingerprint density at radius 2 is 1.20 bits per heavy atom. The number of ether oxygens (including phenoxy) is 2. The molecule has 0 spiro atoms. The molecule has 3 nitrogen and oxygen atoms in total.